The molecule has 290 valence electrons. The third kappa shape index (κ3) is 6.41. The Labute approximate surface area is 371 Å². The first-order chi connectivity index (χ1) is 34.0. The monoisotopic (exact) mass is 793 g/mol. The van der Waals surface area contributed by atoms with E-state index in [1.807, 2.05) is 60.8 Å². The van der Waals surface area contributed by atoms with Gasteiger partial charge in [-0.25, -0.2) is 0 Å². The third-order valence-corrected chi connectivity index (χ3v) is 11.5. The summed E-state index contributed by atoms with van der Waals surface area (Å²) in [6.45, 7) is 6.44. The van der Waals surface area contributed by atoms with Crippen molar-refractivity contribution >= 4 is 45.0 Å². The van der Waals surface area contributed by atoms with Crippen LogP contribution in [0.25, 0.3) is 66.6 Å². The van der Waals surface area contributed by atoms with Gasteiger partial charge in [0.15, 0.2) is 0 Å². The number of nitrogens with zero attached hydrogens (tertiary/aromatic N) is 3. The van der Waals surface area contributed by atoms with E-state index in [4.69, 9.17) is 23.4 Å². The normalized spacial score (nSPS) is 14.4. The summed E-state index contributed by atoms with van der Waals surface area (Å²) in [5.41, 5.74) is 8.68. The van der Waals surface area contributed by atoms with Crippen LogP contribution in [-0.4, -0.2) is 16.3 Å². The maximum atomic E-state index is 9.03. The Kier molecular flexibility index (Phi) is 6.56. The van der Waals surface area contributed by atoms with Gasteiger partial charge in [-0.15, -0.1) is 0 Å². The van der Waals surface area contributed by atoms with E-state index < -0.39 is 60.4 Å². The van der Waals surface area contributed by atoms with E-state index in [1.54, 1.807) is 27.3 Å². The summed E-state index contributed by atoms with van der Waals surface area (Å²) in [5.74, 6) is 1.15. The van der Waals surface area contributed by atoms with Crippen LogP contribution in [0.3, 0.4) is 0 Å². The number of hydrogen-bond donors (Lipinski definition) is 0. The number of aromatic nitrogens is 3. The lowest BCUT2D eigenvalue weighted by Crippen LogP contribution is -2.56. The first-order valence-electron chi connectivity index (χ1n) is 25.2. The summed E-state index contributed by atoms with van der Waals surface area (Å²) in [6.07, 6.45) is 5.36. The lowest BCUT2D eigenvalue weighted by atomic mass is 9.35. The van der Waals surface area contributed by atoms with Gasteiger partial charge in [-0.1, -0.05) is 183 Å². The molecule has 5 heteroatoms. The molecule has 1 aliphatic heterocycles. The number of hydrogen-bond acceptors (Lipinski definition) is 2. The summed E-state index contributed by atoms with van der Waals surface area (Å²) in [5, 5.41) is 2.37. The fourth-order valence-corrected chi connectivity index (χ4v) is 8.68. The molecule has 0 saturated heterocycles. The Morgan fingerprint density at radius 2 is 1.30 bits per heavy atom. The zero-order valence-corrected chi connectivity index (χ0v) is 33.6. The molecule has 2 aromatic heterocycles. The van der Waals surface area contributed by atoms with E-state index in [0.717, 1.165) is 22.2 Å². The first kappa shape index (κ1) is 27.3. The van der Waals surface area contributed by atoms with Gasteiger partial charge in [0.05, 0.1) is 36.1 Å². The van der Waals surface area contributed by atoms with E-state index in [1.165, 1.54) is 21.8 Å². The Morgan fingerprint density at radius 3 is 2.05 bits per heavy atom. The molecule has 0 N–H and O–H groups in total. The fourth-order valence-electron chi connectivity index (χ4n) is 8.68. The average Bonchev–Trinajstić information content (AvgIpc) is 3.76. The number of rotatable bonds is 7. The average molecular weight is 794 g/mol. The second kappa shape index (κ2) is 14.7. The number of fused-ring (bicyclic) bond motifs is 3. The van der Waals surface area contributed by atoms with Crippen LogP contribution >= 0.6 is 0 Å². The largest absolute Gasteiger partial charge is 0.458 e. The second-order valence-electron chi connectivity index (χ2n) is 16.2. The highest BCUT2D eigenvalue weighted by Crippen LogP contribution is 2.36. The minimum atomic E-state index is -0.564. The lowest BCUT2D eigenvalue weighted by Gasteiger charge is -2.28. The molecule has 0 aliphatic carbocycles. The maximum Gasteiger partial charge on any atom is 0.269 e. The standard InChI is InChI=1S/C56H42BN3O/c1-56(2,3)41-32-33-58-53(34-41)57-49-27-13-21-40-20-12-26-48(54(40)49)47-31-30-44(36-50(47)57)61-43-23-14-22-42(35-43)59-37-60(52-29-11-10-28-51(52)59)55-45(38-16-6-4-7-17-38)24-15-25-46(55)39-18-8-5-9-19-39/h4-36H,1-3H3/i4D,5D,6D,7D,8D,9D,16D,17D,18D,19D. The second-order valence-corrected chi connectivity index (χ2v) is 16.2. The number of pyridine rings is 1. The highest BCUT2D eigenvalue weighted by Gasteiger charge is 2.34. The van der Waals surface area contributed by atoms with Gasteiger partial charge >= 0.3 is 0 Å². The Balaban J connectivity index is 1.07. The summed E-state index contributed by atoms with van der Waals surface area (Å²) < 4.78 is 97.3. The van der Waals surface area contributed by atoms with Gasteiger partial charge < -0.3 is 4.74 Å². The molecule has 8 aromatic carbocycles. The van der Waals surface area contributed by atoms with Crippen LogP contribution in [0, 0.1) is 6.33 Å². The molecule has 0 atom stereocenters. The molecule has 0 fully saturated rings. The minimum Gasteiger partial charge on any atom is -0.458 e. The van der Waals surface area contributed by atoms with E-state index in [2.05, 4.69) is 87.8 Å². The summed E-state index contributed by atoms with van der Waals surface area (Å²) in [7, 11) is 0. The molecule has 1 aliphatic rings. The van der Waals surface area contributed by atoms with Crippen LogP contribution in [0.2, 0.25) is 0 Å². The first-order valence-corrected chi connectivity index (χ1v) is 20.2. The molecule has 3 heterocycles. The van der Waals surface area contributed by atoms with Crippen molar-refractivity contribution in [1.29, 1.82) is 0 Å². The van der Waals surface area contributed by atoms with Crippen LogP contribution in [0.4, 0.5) is 0 Å². The van der Waals surface area contributed by atoms with Crippen molar-refractivity contribution in [3.63, 3.8) is 0 Å². The van der Waals surface area contributed by atoms with Crippen molar-refractivity contribution in [3.05, 3.63) is 212 Å². The maximum absolute atomic E-state index is 9.03. The molecule has 0 unspecified atom stereocenters. The highest BCUT2D eigenvalue weighted by atomic mass is 16.5. The smallest absolute Gasteiger partial charge is 0.269 e. The lowest BCUT2D eigenvalue weighted by molar-refractivity contribution is -0.571. The van der Waals surface area contributed by atoms with Crippen LogP contribution in [0.5, 0.6) is 11.5 Å². The fraction of sp³-hybridized carbons (Fsp3) is 0.0714. The van der Waals surface area contributed by atoms with Crippen molar-refractivity contribution in [3.8, 4) is 56.3 Å². The minimum absolute atomic E-state index is 0.0861. The number of imidazole rings is 1. The van der Waals surface area contributed by atoms with E-state index in [9.17, 15) is 0 Å². The Bertz CT molecular complexity index is 3740. The van der Waals surface area contributed by atoms with Gasteiger partial charge in [-0.05, 0) is 97.6 Å². The molecule has 4 nitrogen and oxygen atoms in total. The van der Waals surface area contributed by atoms with Crippen molar-refractivity contribution in [2.24, 2.45) is 0 Å². The molecule has 10 aromatic rings. The molecule has 0 amide bonds. The molecule has 0 bridgehead atoms. The molecule has 11 rings (SSSR count). The summed E-state index contributed by atoms with van der Waals surface area (Å²) in [6, 6.07) is 37.9. The van der Waals surface area contributed by atoms with Crippen LogP contribution < -0.4 is 25.8 Å². The van der Waals surface area contributed by atoms with E-state index >= 15 is 0 Å². The molecule has 61 heavy (non-hydrogen) atoms. The van der Waals surface area contributed by atoms with Gasteiger partial charge in [0.2, 0.25) is 0 Å². The van der Waals surface area contributed by atoms with Crippen molar-refractivity contribution in [1.82, 2.24) is 9.55 Å². The zero-order valence-electron chi connectivity index (χ0n) is 43.6. The Morgan fingerprint density at radius 1 is 0.623 bits per heavy atom. The molecular formula is C56H42BN3O. The third-order valence-electron chi connectivity index (χ3n) is 11.5. The van der Waals surface area contributed by atoms with E-state index in [-0.39, 0.29) is 40.1 Å². The van der Waals surface area contributed by atoms with Crippen molar-refractivity contribution in [2.75, 3.05) is 0 Å². The van der Waals surface area contributed by atoms with Crippen LogP contribution in [0.15, 0.2) is 200 Å². The highest BCUT2D eigenvalue weighted by molar-refractivity contribution is 6.98. The number of benzene rings is 8. The SMILES string of the molecule is [2H]c1c([2H])c([2H])c(-c2cccc(-c3c([2H])c([2H])c([2H])c([2H])c3[2H])c2-[n+]2[c-]n(-c3cccc(Oc4ccc5c(c4)B(c4cc(C(C)(C)C)ccn4)c4cccc6cccc-5c46)c3)c3ccccc32)c([2H])c1[2H]. The number of ether oxygens (including phenoxy) is 1. The summed E-state index contributed by atoms with van der Waals surface area (Å²) >= 11 is 0. The quantitative estimate of drug-likeness (QED) is 0.0914. The molecular weight excluding hydrogens is 741 g/mol. The van der Waals surface area contributed by atoms with Gasteiger partial charge in [0.1, 0.15) is 11.5 Å². The predicted molar refractivity (Wildman–Crippen MR) is 252 cm³/mol. The molecule has 0 saturated carbocycles. The van der Waals surface area contributed by atoms with Crippen LogP contribution in [-0.2, 0) is 5.41 Å². The van der Waals surface area contributed by atoms with Crippen molar-refractivity contribution in [2.45, 2.75) is 26.2 Å². The van der Waals surface area contributed by atoms with Gasteiger partial charge in [0, 0.05) is 11.8 Å². The predicted octanol–water partition coefficient (Wildman–Crippen LogP) is 11.2. The molecule has 0 radical (unpaired) electrons. The Hall–Kier alpha value is -7.50. The zero-order chi connectivity index (χ0) is 49.8. The number of para-hydroxylation sites is 3. The molecule has 0 spiro atoms. The van der Waals surface area contributed by atoms with Crippen molar-refractivity contribution < 1.29 is 23.0 Å². The van der Waals surface area contributed by atoms with Gasteiger partial charge in [-0.3, -0.25) is 14.1 Å². The van der Waals surface area contributed by atoms with Crippen LogP contribution in [0.1, 0.15) is 40.0 Å². The van der Waals surface area contributed by atoms with Gasteiger partial charge in [0.25, 0.3) is 13.0 Å². The summed E-state index contributed by atoms with van der Waals surface area (Å²) in [4.78, 5) is 4.99. The van der Waals surface area contributed by atoms with E-state index in [0.29, 0.717) is 28.2 Å². The topological polar surface area (TPSA) is 30.9 Å². The van der Waals surface area contributed by atoms with Gasteiger partial charge in [-0.2, -0.15) is 0 Å².